The minimum Gasteiger partial charge on any atom is -0.480 e. The van der Waals surface area contributed by atoms with E-state index in [9.17, 15) is 91.1 Å². The molecule has 828 valence electrons. The van der Waals surface area contributed by atoms with Gasteiger partial charge in [-0.1, -0.05) is 91.0 Å². The predicted molar refractivity (Wildman–Crippen MR) is 541 cm³/mol. The van der Waals surface area contributed by atoms with Crippen LogP contribution in [0, 0.1) is 0 Å². The number of carbonyl (C=O) groups excluding carboxylic acids is 18. The number of rotatable bonds is 40. The highest BCUT2D eigenvalue weighted by atomic mass is 16.7. The van der Waals surface area contributed by atoms with Gasteiger partial charge in [-0.15, -0.1) is 10.1 Å². The standard InChI is InChI=1S/2C20H32N4O4.2C15H24N4O7.C11H21N3O5.C9H13N.2C4H8O/c2*1-14(13-15-9-6-5-7-10-15)23-17(25)16(11-8-12-22-18(21)26)24-19(27)28-20(2,3)4;2*1-15(2,3)25-14(24)18-9(5-4-8-17-13(16)23)12(22)26-19-10(20)6-7-11(19)21;1-11(2,3)19-10(18)14-7(8(15)16)5-4-6-13-9(12)17;1-8(10)7-9-5-3-2-4-6-9;2*1-2-4-5-3-1/h2*5-7,9-10,14,16H,8,11-13H2,1-4H3,(H,23,25)(H,24,27)(H3,21,22,26);2*9H,4-8H2,1-3H3,(H,18,24)(H3,16,17,23);7H,4-6H2,1-3H3,(H,14,18)(H,15,16)(H3,12,13,17);2-6,8H,7,10H2,1H3;2*1-4H2. The van der Waals surface area contributed by atoms with Crippen molar-refractivity contribution in [2.24, 2.45) is 34.4 Å². The number of primary amides is 5. The van der Waals surface area contributed by atoms with Crippen LogP contribution < -0.4 is 98.2 Å². The molecule has 49 nitrogen and oxygen atoms in total. The number of hydrogen-bond acceptors (Lipinski definition) is 29. The Morgan fingerprint density at radius 1 is 0.327 bits per heavy atom. The Labute approximate surface area is 860 Å². The molecule has 0 radical (unpaired) electrons. The Bertz CT molecular complexity index is 4270. The number of carboxylic acids is 1. The van der Waals surface area contributed by atoms with Crippen LogP contribution in [0.5, 0.6) is 0 Å². The fraction of sp³-hybridized carbons (Fsp3) is 0.622. The molecule has 21 amide bonds. The molecular weight excluding hydrogens is 1920 g/mol. The van der Waals surface area contributed by atoms with E-state index in [4.69, 9.17) is 82.3 Å². The molecule has 0 spiro atoms. The van der Waals surface area contributed by atoms with Gasteiger partial charge in [0, 0.05) is 103 Å². The fourth-order valence-electron chi connectivity index (χ4n) is 12.5. The number of urea groups is 5. The maximum absolute atomic E-state index is 12.7. The highest BCUT2D eigenvalue weighted by Gasteiger charge is 2.39. The second-order valence-corrected chi connectivity index (χ2v) is 39.0. The van der Waals surface area contributed by atoms with E-state index in [2.05, 4.69) is 75.9 Å². The number of aliphatic carboxylic acids is 1. The normalized spacial score (nSPS) is 14.6. The summed E-state index contributed by atoms with van der Waals surface area (Å²) in [6, 6.07) is 21.6. The summed E-state index contributed by atoms with van der Waals surface area (Å²) in [5, 5.41) is 39.7. The van der Waals surface area contributed by atoms with Crippen LogP contribution in [-0.2, 0) is 105 Å². The lowest BCUT2D eigenvalue weighted by atomic mass is 10.1. The second kappa shape index (κ2) is 71.4. The monoisotopic (exact) mass is 2080 g/mol. The largest absolute Gasteiger partial charge is 0.480 e. The molecule has 25 N–H and O–H groups in total. The Hall–Kier alpha value is -14.1. The third-order valence-electron chi connectivity index (χ3n) is 18.8. The van der Waals surface area contributed by atoms with Crippen LogP contribution in [0.1, 0.15) is 257 Å². The molecular formula is C98H162N20O29. The average Bonchev–Trinajstić information content (AvgIpc) is 1.71. The number of nitrogens with two attached hydrogens (primary N) is 6. The third kappa shape index (κ3) is 73.6. The molecule has 0 saturated carbocycles. The summed E-state index contributed by atoms with van der Waals surface area (Å²) >= 11 is 0. The molecule has 0 aliphatic carbocycles. The van der Waals surface area contributed by atoms with E-state index in [-0.39, 0.29) is 107 Å². The third-order valence-corrected chi connectivity index (χ3v) is 18.8. The van der Waals surface area contributed by atoms with Crippen molar-refractivity contribution in [3.05, 3.63) is 108 Å². The number of hydroxylamine groups is 4. The van der Waals surface area contributed by atoms with Crippen molar-refractivity contribution in [3.63, 3.8) is 0 Å². The zero-order chi connectivity index (χ0) is 112. The Morgan fingerprint density at radius 2 is 0.537 bits per heavy atom. The molecule has 8 unspecified atom stereocenters. The van der Waals surface area contributed by atoms with Crippen molar-refractivity contribution < 1.29 is 139 Å². The van der Waals surface area contributed by atoms with Crippen LogP contribution >= 0.6 is 0 Å². The first-order valence-corrected chi connectivity index (χ1v) is 48.7. The van der Waals surface area contributed by atoms with Gasteiger partial charge in [-0.3, -0.25) is 28.8 Å². The van der Waals surface area contributed by atoms with Crippen LogP contribution in [0.3, 0.4) is 0 Å². The van der Waals surface area contributed by atoms with Gasteiger partial charge in [0.25, 0.3) is 23.6 Å². The second-order valence-electron chi connectivity index (χ2n) is 39.0. The fourth-order valence-corrected chi connectivity index (χ4v) is 12.5. The van der Waals surface area contributed by atoms with Crippen molar-refractivity contribution in [3.8, 4) is 0 Å². The molecule has 4 aliphatic heterocycles. The van der Waals surface area contributed by atoms with Crippen LogP contribution in [-0.4, -0.2) is 265 Å². The molecule has 4 fully saturated rings. The number of nitrogens with zero attached hydrogens (tertiary/aromatic N) is 2. The lowest BCUT2D eigenvalue weighted by Crippen LogP contribution is -2.50. The van der Waals surface area contributed by atoms with Gasteiger partial charge in [0.15, 0.2) is 0 Å². The van der Waals surface area contributed by atoms with E-state index in [0.717, 1.165) is 44.0 Å². The van der Waals surface area contributed by atoms with E-state index in [0.29, 0.717) is 68.2 Å². The highest BCUT2D eigenvalue weighted by molar-refractivity contribution is 6.03. The topological polar surface area (TPSA) is 735 Å². The van der Waals surface area contributed by atoms with Gasteiger partial charge in [0.1, 0.15) is 58.2 Å². The Balaban J connectivity index is 0.00000173. The number of carboxylic acid groups (broad SMARTS) is 1. The predicted octanol–water partition coefficient (Wildman–Crippen LogP) is 7.60. The van der Waals surface area contributed by atoms with Crippen LogP contribution in [0.2, 0.25) is 0 Å². The van der Waals surface area contributed by atoms with Crippen molar-refractivity contribution in [1.29, 1.82) is 0 Å². The summed E-state index contributed by atoms with van der Waals surface area (Å²) in [6.45, 7) is 36.5. The van der Waals surface area contributed by atoms with Gasteiger partial charge in [0.05, 0.1) is 0 Å². The van der Waals surface area contributed by atoms with Gasteiger partial charge in [-0.2, -0.15) is 0 Å². The van der Waals surface area contributed by atoms with E-state index in [1.165, 1.54) is 31.2 Å². The molecule has 0 bridgehead atoms. The molecule has 4 saturated heterocycles. The summed E-state index contributed by atoms with van der Waals surface area (Å²) < 4.78 is 35.5. The maximum atomic E-state index is 12.7. The van der Waals surface area contributed by atoms with Crippen molar-refractivity contribution in [2.45, 2.75) is 336 Å². The van der Waals surface area contributed by atoms with E-state index in [1.54, 1.807) is 104 Å². The average molecular weight is 2080 g/mol. The molecule has 49 heteroatoms. The van der Waals surface area contributed by atoms with Gasteiger partial charge in [0.2, 0.25) is 11.8 Å². The Morgan fingerprint density at radius 3 is 0.741 bits per heavy atom. The number of benzene rings is 3. The summed E-state index contributed by atoms with van der Waals surface area (Å²) in [6.07, 6.45) is 6.28. The molecule has 147 heavy (non-hydrogen) atoms. The maximum Gasteiger partial charge on any atom is 0.408 e. The van der Waals surface area contributed by atoms with Crippen molar-refractivity contribution >= 4 is 114 Å². The molecule has 3 aromatic rings. The van der Waals surface area contributed by atoms with E-state index in [1.807, 2.05) is 99.6 Å². The minimum absolute atomic E-state index is 0.0429. The van der Waals surface area contributed by atoms with E-state index >= 15 is 0 Å². The van der Waals surface area contributed by atoms with Gasteiger partial charge in [-0.05, 0) is 250 Å². The highest BCUT2D eigenvalue weighted by Crippen LogP contribution is 2.20. The van der Waals surface area contributed by atoms with Crippen LogP contribution in [0.15, 0.2) is 91.0 Å². The zero-order valence-electron chi connectivity index (χ0n) is 88.2. The molecule has 7 rings (SSSR count). The minimum atomic E-state index is -1.18. The summed E-state index contributed by atoms with van der Waals surface area (Å²) in [4.78, 5) is 229. The van der Waals surface area contributed by atoms with Crippen molar-refractivity contribution in [1.82, 2.24) is 73.9 Å². The first kappa shape index (κ1) is 133. The number of ether oxygens (including phenoxy) is 7. The van der Waals surface area contributed by atoms with Gasteiger partial charge < -0.3 is 146 Å². The van der Waals surface area contributed by atoms with Crippen LogP contribution in [0.25, 0.3) is 0 Å². The van der Waals surface area contributed by atoms with Crippen molar-refractivity contribution in [2.75, 3.05) is 59.2 Å². The van der Waals surface area contributed by atoms with Crippen LogP contribution in [0.4, 0.5) is 47.9 Å². The summed E-state index contributed by atoms with van der Waals surface area (Å²) in [5.74, 6) is -6.25. The molecule has 3 aromatic carbocycles. The van der Waals surface area contributed by atoms with Gasteiger partial charge >= 0.3 is 78.5 Å². The lowest BCUT2D eigenvalue weighted by molar-refractivity contribution is -0.199. The van der Waals surface area contributed by atoms with Gasteiger partial charge in [-0.25, -0.2) is 62.3 Å². The zero-order valence-corrected chi connectivity index (χ0v) is 88.2. The summed E-state index contributed by atoms with van der Waals surface area (Å²) in [7, 11) is 0. The molecule has 4 heterocycles. The number of amides is 21. The number of nitrogens with one attached hydrogen (secondary N) is 12. The first-order valence-electron chi connectivity index (χ1n) is 48.7. The lowest BCUT2D eigenvalue weighted by Gasteiger charge is -2.24. The quantitative estimate of drug-likeness (QED) is 0.0148. The number of alkyl carbamates (subject to hydrolysis) is 5. The smallest absolute Gasteiger partial charge is 0.408 e. The molecule has 4 aliphatic rings. The molecule has 8 atom stereocenters. The number of hydrogen-bond donors (Lipinski definition) is 19. The number of imide groups is 2. The molecule has 0 aromatic heterocycles. The van der Waals surface area contributed by atoms with E-state index < -0.39 is 160 Å². The SMILES string of the molecule is C1CCOC1.C1CCOC1.CC(C)(C)OC(=O)NC(CCCNC(N)=O)C(=O)O.CC(C)(C)OC(=O)NC(CCCNC(N)=O)C(=O)ON1C(=O)CCC1=O.CC(C)(C)OC(=O)NC(CCCNC(N)=O)C(=O)ON1C(=O)CCC1=O.CC(Cc1ccccc1)NC(=O)C(CCCNC(N)=O)NC(=O)OC(C)(C)C.CC(Cc1ccccc1)NC(=O)C(CCCNC(N)=O)NC(=O)OC(C)(C)C.CC(N)Cc1ccccc1. The first-order chi connectivity index (χ1) is 68.5. The Kier molecular flexibility index (Phi) is 64.5. The number of carbonyl (C=O) groups is 19. The summed E-state index contributed by atoms with van der Waals surface area (Å²) in [5.41, 5.74) is 30.4.